The summed E-state index contributed by atoms with van der Waals surface area (Å²) in [5.74, 6) is 0. The Kier molecular flexibility index (Phi) is 3.68. The van der Waals surface area contributed by atoms with Gasteiger partial charge in [0.05, 0.1) is 11.2 Å². The SMILES string of the molecule is CCn1nc(C)c(CC(C)(N)C(F)F)c1C. The van der Waals surface area contributed by atoms with Crippen LogP contribution in [0.3, 0.4) is 0 Å². The van der Waals surface area contributed by atoms with E-state index in [9.17, 15) is 8.78 Å². The molecule has 1 heterocycles. The number of nitrogens with two attached hydrogens (primary N) is 1. The van der Waals surface area contributed by atoms with E-state index < -0.39 is 12.0 Å². The second kappa shape index (κ2) is 4.49. The zero-order valence-electron chi connectivity index (χ0n) is 10.2. The fourth-order valence-electron chi connectivity index (χ4n) is 1.76. The van der Waals surface area contributed by atoms with E-state index in [1.54, 1.807) is 0 Å². The molecule has 0 aromatic carbocycles. The molecule has 0 amide bonds. The number of aryl methyl sites for hydroxylation is 2. The molecule has 0 radical (unpaired) electrons. The lowest BCUT2D eigenvalue weighted by atomic mass is 9.93. The minimum Gasteiger partial charge on any atom is -0.320 e. The fourth-order valence-corrected chi connectivity index (χ4v) is 1.76. The second-order valence-corrected chi connectivity index (χ2v) is 4.45. The number of nitrogens with zero attached hydrogens (tertiary/aromatic N) is 2. The molecule has 0 aliphatic heterocycles. The predicted molar refractivity (Wildman–Crippen MR) is 59.7 cm³/mol. The minimum absolute atomic E-state index is 0.155. The van der Waals surface area contributed by atoms with Crippen LogP contribution in [0, 0.1) is 13.8 Å². The van der Waals surface area contributed by atoms with Crippen molar-refractivity contribution in [1.29, 1.82) is 0 Å². The molecule has 0 spiro atoms. The molecule has 1 unspecified atom stereocenters. The number of aromatic nitrogens is 2. The van der Waals surface area contributed by atoms with Crippen LogP contribution in [0.25, 0.3) is 0 Å². The van der Waals surface area contributed by atoms with Crippen LogP contribution in [0.4, 0.5) is 8.78 Å². The van der Waals surface area contributed by atoms with Crippen LogP contribution in [0.1, 0.15) is 30.8 Å². The second-order valence-electron chi connectivity index (χ2n) is 4.45. The molecule has 16 heavy (non-hydrogen) atoms. The molecule has 5 heteroatoms. The highest BCUT2D eigenvalue weighted by Crippen LogP contribution is 2.22. The topological polar surface area (TPSA) is 43.8 Å². The number of rotatable bonds is 4. The van der Waals surface area contributed by atoms with Gasteiger partial charge in [0.15, 0.2) is 0 Å². The highest BCUT2D eigenvalue weighted by molar-refractivity contribution is 5.26. The normalized spacial score (nSPS) is 15.5. The van der Waals surface area contributed by atoms with Crippen molar-refractivity contribution in [2.45, 2.75) is 52.6 Å². The summed E-state index contributed by atoms with van der Waals surface area (Å²) in [5.41, 5.74) is 6.66. The molecule has 0 fully saturated rings. The van der Waals surface area contributed by atoms with E-state index in [0.717, 1.165) is 23.5 Å². The number of hydrogen-bond acceptors (Lipinski definition) is 2. The van der Waals surface area contributed by atoms with Crippen LogP contribution in [0.2, 0.25) is 0 Å². The summed E-state index contributed by atoms with van der Waals surface area (Å²) in [6.45, 7) is 7.80. The van der Waals surface area contributed by atoms with E-state index in [0.29, 0.717) is 0 Å². The molecule has 0 bridgehead atoms. The van der Waals surface area contributed by atoms with Crippen molar-refractivity contribution in [1.82, 2.24) is 9.78 Å². The maximum absolute atomic E-state index is 12.7. The summed E-state index contributed by atoms with van der Waals surface area (Å²) in [5, 5.41) is 4.29. The van der Waals surface area contributed by atoms with Crippen molar-refractivity contribution >= 4 is 0 Å². The molecule has 0 saturated carbocycles. The maximum atomic E-state index is 12.7. The summed E-state index contributed by atoms with van der Waals surface area (Å²) in [6, 6.07) is 0. The van der Waals surface area contributed by atoms with Gasteiger partial charge in [0.1, 0.15) is 0 Å². The van der Waals surface area contributed by atoms with Crippen LogP contribution < -0.4 is 5.73 Å². The van der Waals surface area contributed by atoms with Gasteiger partial charge in [0, 0.05) is 12.2 Å². The van der Waals surface area contributed by atoms with Crippen molar-refractivity contribution in [3.8, 4) is 0 Å². The van der Waals surface area contributed by atoms with Crippen LogP contribution in [0.5, 0.6) is 0 Å². The van der Waals surface area contributed by atoms with Crippen molar-refractivity contribution in [2.75, 3.05) is 0 Å². The van der Waals surface area contributed by atoms with Gasteiger partial charge in [-0.1, -0.05) is 0 Å². The van der Waals surface area contributed by atoms with Gasteiger partial charge in [-0.15, -0.1) is 0 Å². The minimum atomic E-state index is -2.53. The molecular formula is C11H19F2N3. The average molecular weight is 231 g/mol. The predicted octanol–water partition coefficient (Wildman–Crippen LogP) is 2.04. The molecule has 3 nitrogen and oxygen atoms in total. The lowest BCUT2D eigenvalue weighted by molar-refractivity contribution is 0.0638. The van der Waals surface area contributed by atoms with Gasteiger partial charge in [0.2, 0.25) is 0 Å². The first-order valence-electron chi connectivity index (χ1n) is 5.39. The molecule has 1 rings (SSSR count). The molecule has 2 N–H and O–H groups in total. The Morgan fingerprint density at radius 1 is 1.44 bits per heavy atom. The summed E-state index contributed by atoms with van der Waals surface area (Å²) >= 11 is 0. The van der Waals surface area contributed by atoms with E-state index in [1.807, 2.05) is 25.5 Å². The maximum Gasteiger partial charge on any atom is 0.256 e. The number of hydrogen-bond donors (Lipinski definition) is 1. The fraction of sp³-hybridized carbons (Fsp3) is 0.727. The number of halogens is 2. The van der Waals surface area contributed by atoms with E-state index >= 15 is 0 Å². The van der Waals surface area contributed by atoms with E-state index in [1.165, 1.54) is 6.92 Å². The molecule has 0 aliphatic rings. The van der Waals surface area contributed by atoms with Crippen molar-refractivity contribution in [3.05, 3.63) is 17.0 Å². The molecule has 1 atom stereocenters. The standard InChI is InChI=1S/C11H19F2N3/c1-5-16-8(3)9(7(2)15-16)6-11(4,14)10(12)13/h10H,5-6,14H2,1-4H3. The molecule has 92 valence electrons. The lowest BCUT2D eigenvalue weighted by Gasteiger charge is -2.23. The Morgan fingerprint density at radius 2 is 2.00 bits per heavy atom. The van der Waals surface area contributed by atoms with Crippen molar-refractivity contribution in [3.63, 3.8) is 0 Å². The lowest BCUT2D eigenvalue weighted by Crippen LogP contribution is -2.46. The third-order valence-electron chi connectivity index (χ3n) is 2.89. The van der Waals surface area contributed by atoms with Gasteiger partial charge < -0.3 is 5.73 Å². The zero-order chi connectivity index (χ0) is 12.5. The van der Waals surface area contributed by atoms with Crippen molar-refractivity contribution < 1.29 is 8.78 Å². The van der Waals surface area contributed by atoms with Gasteiger partial charge >= 0.3 is 0 Å². The summed E-state index contributed by atoms with van der Waals surface area (Å²) < 4.78 is 27.2. The van der Waals surface area contributed by atoms with Gasteiger partial charge in [-0.25, -0.2) is 8.78 Å². The van der Waals surface area contributed by atoms with Gasteiger partial charge in [-0.2, -0.15) is 5.10 Å². The first kappa shape index (κ1) is 13.1. The zero-order valence-corrected chi connectivity index (χ0v) is 10.2. The number of alkyl halides is 2. The van der Waals surface area contributed by atoms with Crippen LogP contribution in [-0.4, -0.2) is 21.7 Å². The monoisotopic (exact) mass is 231 g/mol. The van der Waals surface area contributed by atoms with E-state index in [4.69, 9.17) is 5.73 Å². The summed E-state index contributed by atoms with van der Waals surface area (Å²) in [4.78, 5) is 0. The molecule has 1 aromatic rings. The first-order chi connectivity index (χ1) is 7.29. The van der Waals surface area contributed by atoms with Gasteiger partial charge in [-0.05, 0) is 39.7 Å². The summed E-state index contributed by atoms with van der Waals surface area (Å²) in [7, 11) is 0. The third kappa shape index (κ3) is 2.40. The smallest absolute Gasteiger partial charge is 0.256 e. The summed E-state index contributed by atoms with van der Waals surface area (Å²) in [6.07, 6.45) is -2.38. The largest absolute Gasteiger partial charge is 0.320 e. The Labute approximate surface area is 94.6 Å². The molecule has 1 aromatic heterocycles. The van der Waals surface area contributed by atoms with Crippen molar-refractivity contribution in [2.24, 2.45) is 5.73 Å². The first-order valence-corrected chi connectivity index (χ1v) is 5.39. The van der Waals surface area contributed by atoms with Crippen LogP contribution in [-0.2, 0) is 13.0 Å². The Hall–Kier alpha value is -0.970. The van der Waals surface area contributed by atoms with Gasteiger partial charge in [-0.3, -0.25) is 4.68 Å². The van der Waals surface area contributed by atoms with Gasteiger partial charge in [0.25, 0.3) is 6.43 Å². The van der Waals surface area contributed by atoms with E-state index in [2.05, 4.69) is 5.10 Å². The van der Waals surface area contributed by atoms with Crippen LogP contribution >= 0.6 is 0 Å². The Morgan fingerprint density at radius 3 is 2.38 bits per heavy atom. The molecular weight excluding hydrogens is 212 g/mol. The third-order valence-corrected chi connectivity index (χ3v) is 2.89. The van der Waals surface area contributed by atoms with Crippen LogP contribution in [0.15, 0.2) is 0 Å². The highest BCUT2D eigenvalue weighted by atomic mass is 19.3. The quantitative estimate of drug-likeness (QED) is 0.861. The Bertz CT molecular complexity index is 370. The average Bonchev–Trinajstić information content (AvgIpc) is 2.44. The molecule has 0 saturated heterocycles. The Balaban J connectivity index is 3.02. The highest BCUT2D eigenvalue weighted by Gasteiger charge is 2.32. The molecule has 0 aliphatic carbocycles. The van der Waals surface area contributed by atoms with E-state index in [-0.39, 0.29) is 6.42 Å².